The topological polar surface area (TPSA) is 32.7 Å². The summed E-state index contributed by atoms with van der Waals surface area (Å²) in [5.41, 5.74) is 2.09. The molecule has 4 aromatic carbocycles. The van der Waals surface area contributed by atoms with E-state index >= 15 is 0 Å². The Hall–Kier alpha value is -3.04. The smallest absolute Gasteiger partial charge is 0.123 e. The monoisotopic (exact) mass is 383 g/mol. The summed E-state index contributed by atoms with van der Waals surface area (Å²) in [5.74, 6) is 1.25. The van der Waals surface area contributed by atoms with Crippen LogP contribution in [0.3, 0.4) is 0 Å². The Bertz CT molecular complexity index is 1160. The average Bonchev–Trinajstić information content (AvgIpc) is 2.72. The molecular formula is C26H25NO2. The van der Waals surface area contributed by atoms with Gasteiger partial charge < -0.3 is 9.84 Å². The zero-order valence-electron chi connectivity index (χ0n) is 16.5. The van der Waals surface area contributed by atoms with Crippen molar-refractivity contribution >= 4 is 21.5 Å². The zero-order chi connectivity index (χ0) is 19.6. The fraction of sp³-hybridized carbons (Fsp3) is 0.231. The summed E-state index contributed by atoms with van der Waals surface area (Å²) in [4.78, 5) is 2.41. The highest BCUT2D eigenvalue weighted by Gasteiger charge is 2.16. The number of phenols is 1. The first-order valence-electron chi connectivity index (χ1n) is 10.3. The van der Waals surface area contributed by atoms with Gasteiger partial charge in [-0.25, -0.2) is 0 Å². The van der Waals surface area contributed by atoms with Gasteiger partial charge in [0.25, 0.3) is 0 Å². The Morgan fingerprint density at radius 2 is 1.41 bits per heavy atom. The van der Waals surface area contributed by atoms with E-state index in [9.17, 15) is 5.11 Å². The van der Waals surface area contributed by atoms with E-state index in [4.69, 9.17) is 4.74 Å². The predicted molar refractivity (Wildman–Crippen MR) is 119 cm³/mol. The molecule has 29 heavy (non-hydrogen) atoms. The Kier molecular flexibility index (Phi) is 4.82. The summed E-state index contributed by atoms with van der Waals surface area (Å²) in [6, 6.07) is 24.6. The molecule has 0 saturated carbocycles. The highest BCUT2D eigenvalue weighted by atomic mass is 16.5. The van der Waals surface area contributed by atoms with Crippen LogP contribution >= 0.6 is 0 Å². The van der Waals surface area contributed by atoms with E-state index in [0.717, 1.165) is 34.2 Å². The number of hydrogen-bond donors (Lipinski definition) is 1. The number of likely N-dealkylation sites (tertiary alicyclic amines) is 1. The van der Waals surface area contributed by atoms with Crippen molar-refractivity contribution in [2.24, 2.45) is 0 Å². The first kappa shape index (κ1) is 18.0. The van der Waals surface area contributed by atoms with E-state index in [1.165, 1.54) is 30.3 Å². The van der Waals surface area contributed by atoms with Gasteiger partial charge in [-0.05, 0) is 53.2 Å². The lowest BCUT2D eigenvalue weighted by atomic mass is 9.93. The van der Waals surface area contributed by atoms with Gasteiger partial charge in [0.15, 0.2) is 0 Å². The van der Waals surface area contributed by atoms with Gasteiger partial charge in [-0.1, -0.05) is 60.7 Å². The number of nitrogens with zero attached hydrogens (tertiary/aromatic N) is 1. The molecule has 1 aliphatic rings. The Morgan fingerprint density at radius 1 is 0.759 bits per heavy atom. The van der Waals surface area contributed by atoms with Gasteiger partial charge in [0.2, 0.25) is 0 Å². The van der Waals surface area contributed by atoms with Crippen molar-refractivity contribution in [3.05, 3.63) is 83.9 Å². The highest BCUT2D eigenvalue weighted by molar-refractivity contribution is 5.91. The number of hydrogen-bond acceptors (Lipinski definition) is 3. The molecule has 1 N–H and O–H groups in total. The molecular weight excluding hydrogens is 358 g/mol. The molecule has 0 spiro atoms. The lowest BCUT2D eigenvalue weighted by molar-refractivity contribution is 0.147. The Labute approximate surface area is 171 Å². The maximum Gasteiger partial charge on any atom is 0.123 e. The van der Waals surface area contributed by atoms with Gasteiger partial charge >= 0.3 is 0 Å². The van der Waals surface area contributed by atoms with Crippen molar-refractivity contribution in [3.8, 4) is 11.5 Å². The molecule has 3 heteroatoms. The third-order valence-corrected chi connectivity index (χ3v) is 5.98. The fourth-order valence-electron chi connectivity index (χ4n) is 4.21. The van der Waals surface area contributed by atoms with Crippen LogP contribution in [0.5, 0.6) is 11.5 Å². The molecule has 1 saturated heterocycles. The third kappa shape index (κ3) is 3.54. The van der Waals surface area contributed by atoms with Gasteiger partial charge in [-0.2, -0.15) is 0 Å². The molecule has 3 nitrogen and oxygen atoms in total. The van der Waals surface area contributed by atoms with Crippen LogP contribution in [0.2, 0.25) is 0 Å². The van der Waals surface area contributed by atoms with Crippen molar-refractivity contribution in [3.63, 3.8) is 0 Å². The summed E-state index contributed by atoms with van der Waals surface area (Å²) in [6.45, 7) is 4.01. The molecule has 1 aliphatic heterocycles. The van der Waals surface area contributed by atoms with E-state index in [2.05, 4.69) is 53.4 Å². The largest absolute Gasteiger partial charge is 0.508 e. The molecule has 0 atom stereocenters. The summed E-state index contributed by atoms with van der Waals surface area (Å²) in [6.07, 6.45) is 1.93. The molecule has 4 aromatic rings. The first-order valence-corrected chi connectivity index (χ1v) is 10.3. The SMILES string of the molecule is Oc1ccc2ccccc2c1Cc1c(OCCN2CCC2)ccc2ccccc12. The van der Waals surface area contributed by atoms with Crippen molar-refractivity contribution in [1.82, 2.24) is 4.90 Å². The van der Waals surface area contributed by atoms with Crippen LogP contribution in [-0.4, -0.2) is 36.2 Å². The minimum atomic E-state index is 0.336. The number of rotatable bonds is 6. The molecule has 1 heterocycles. The van der Waals surface area contributed by atoms with E-state index < -0.39 is 0 Å². The first-order chi connectivity index (χ1) is 14.3. The summed E-state index contributed by atoms with van der Waals surface area (Å²) >= 11 is 0. The maximum absolute atomic E-state index is 10.7. The van der Waals surface area contributed by atoms with Crippen LogP contribution in [-0.2, 0) is 6.42 Å². The molecule has 1 fully saturated rings. The summed E-state index contributed by atoms with van der Waals surface area (Å²) < 4.78 is 6.25. The van der Waals surface area contributed by atoms with E-state index in [1.54, 1.807) is 6.07 Å². The maximum atomic E-state index is 10.7. The number of phenolic OH excluding ortho intramolecular Hbond substituents is 1. The van der Waals surface area contributed by atoms with E-state index in [-0.39, 0.29) is 0 Å². The molecule has 0 aliphatic carbocycles. The average molecular weight is 383 g/mol. The van der Waals surface area contributed by atoms with Gasteiger partial charge in [0.1, 0.15) is 18.1 Å². The van der Waals surface area contributed by atoms with Crippen molar-refractivity contribution in [2.75, 3.05) is 26.2 Å². The number of benzene rings is 4. The summed E-state index contributed by atoms with van der Waals surface area (Å²) in [7, 11) is 0. The van der Waals surface area contributed by atoms with Crippen molar-refractivity contribution < 1.29 is 9.84 Å². The van der Waals surface area contributed by atoms with E-state index in [1.807, 2.05) is 18.2 Å². The molecule has 0 aromatic heterocycles. The normalized spacial score (nSPS) is 14.2. The van der Waals surface area contributed by atoms with Gasteiger partial charge in [-0.3, -0.25) is 4.90 Å². The quantitative estimate of drug-likeness (QED) is 0.486. The molecule has 0 radical (unpaired) electrons. The molecule has 5 rings (SSSR count). The highest BCUT2D eigenvalue weighted by Crippen LogP contribution is 2.35. The van der Waals surface area contributed by atoms with E-state index in [0.29, 0.717) is 18.8 Å². The lowest BCUT2D eigenvalue weighted by Crippen LogP contribution is -2.39. The number of ether oxygens (including phenoxy) is 1. The van der Waals surface area contributed by atoms with Crippen LogP contribution in [0, 0.1) is 0 Å². The number of fused-ring (bicyclic) bond motifs is 2. The molecule has 146 valence electrons. The molecule has 0 bridgehead atoms. The van der Waals surface area contributed by atoms with Gasteiger partial charge in [-0.15, -0.1) is 0 Å². The second kappa shape index (κ2) is 7.76. The zero-order valence-corrected chi connectivity index (χ0v) is 16.5. The van der Waals surface area contributed by atoms with Crippen LogP contribution < -0.4 is 4.74 Å². The second-order valence-corrected chi connectivity index (χ2v) is 7.77. The summed E-state index contributed by atoms with van der Waals surface area (Å²) in [5, 5.41) is 15.3. The molecule has 0 unspecified atom stereocenters. The predicted octanol–water partition coefficient (Wildman–Crippen LogP) is 5.37. The van der Waals surface area contributed by atoms with Crippen LogP contribution in [0.4, 0.5) is 0 Å². The fourth-order valence-corrected chi connectivity index (χ4v) is 4.21. The standard InChI is InChI=1S/C26H25NO2/c28-25-12-10-19-6-1-3-8-21(19)23(25)18-24-22-9-4-2-7-20(22)11-13-26(24)29-17-16-27-14-5-15-27/h1-4,6-13,28H,5,14-18H2. The van der Waals surface area contributed by atoms with Gasteiger partial charge in [0, 0.05) is 24.1 Å². The minimum absolute atomic E-state index is 0.336. The Balaban J connectivity index is 1.56. The van der Waals surface area contributed by atoms with Gasteiger partial charge in [0.05, 0.1) is 0 Å². The number of aromatic hydroxyl groups is 1. The van der Waals surface area contributed by atoms with Crippen molar-refractivity contribution in [2.45, 2.75) is 12.8 Å². The lowest BCUT2D eigenvalue weighted by Gasteiger charge is -2.30. The Morgan fingerprint density at radius 3 is 2.10 bits per heavy atom. The minimum Gasteiger partial charge on any atom is -0.508 e. The van der Waals surface area contributed by atoms with Crippen molar-refractivity contribution in [1.29, 1.82) is 0 Å². The van der Waals surface area contributed by atoms with Crippen LogP contribution in [0.15, 0.2) is 72.8 Å². The van der Waals surface area contributed by atoms with Crippen LogP contribution in [0.25, 0.3) is 21.5 Å². The molecule has 0 amide bonds. The second-order valence-electron chi connectivity index (χ2n) is 7.77. The van der Waals surface area contributed by atoms with Crippen LogP contribution in [0.1, 0.15) is 17.5 Å². The third-order valence-electron chi connectivity index (χ3n) is 5.98.